The van der Waals surface area contributed by atoms with Crippen LogP contribution in [0.4, 0.5) is 0 Å². The molecule has 3 unspecified atom stereocenters. The van der Waals surface area contributed by atoms with E-state index in [1.54, 1.807) is 0 Å². The smallest absolute Gasteiger partial charge is 0.227 e. The molecule has 0 spiro atoms. The van der Waals surface area contributed by atoms with E-state index in [2.05, 4.69) is 6.92 Å². The van der Waals surface area contributed by atoms with Crippen LogP contribution in [0.3, 0.4) is 0 Å². The van der Waals surface area contributed by atoms with E-state index in [1.807, 2.05) is 4.90 Å². The van der Waals surface area contributed by atoms with Crippen LogP contribution in [-0.4, -0.2) is 42.6 Å². The zero-order valence-electron chi connectivity index (χ0n) is 10.7. The standard InChI is InChI=1S/C13H24N2O2/c1-2-4-10(9-14)13(16)15-7-8-17-12-6-3-5-11(12)15/h10-12H,2-9,14H2,1H3. The molecule has 0 aromatic carbocycles. The van der Waals surface area contributed by atoms with E-state index >= 15 is 0 Å². The first-order valence-corrected chi connectivity index (χ1v) is 6.90. The van der Waals surface area contributed by atoms with Gasteiger partial charge in [0.15, 0.2) is 0 Å². The Morgan fingerprint density at radius 3 is 3.06 bits per heavy atom. The van der Waals surface area contributed by atoms with Gasteiger partial charge in [0.25, 0.3) is 0 Å². The van der Waals surface area contributed by atoms with Gasteiger partial charge in [0, 0.05) is 13.1 Å². The molecule has 1 amide bonds. The molecule has 2 aliphatic rings. The fraction of sp³-hybridized carbons (Fsp3) is 0.923. The van der Waals surface area contributed by atoms with Crippen LogP contribution in [0, 0.1) is 5.92 Å². The largest absolute Gasteiger partial charge is 0.374 e. The van der Waals surface area contributed by atoms with E-state index in [0.29, 0.717) is 19.2 Å². The average molecular weight is 240 g/mol. The van der Waals surface area contributed by atoms with Crippen LogP contribution in [0.2, 0.25) is 0 Å². The highest BCUT2D eigenvalue weighted by Gasteiger charge is 2.39. The van der Waals surface area contributed by atoms with Gasteiger partial charge in [-0.15, -0.1) is 0 Å². The molecule has 0 bridgehead atoms. The minimum Gasteiger partial charge on any atom is -0.374 e. The minimum atomic E-state index is 0.0133. The molecule has 2 rings (SSSR count). The number of carbonyl (C=O) groups is 1. The van der Waals surface area contributed by atoms with Crippen molar-refractivity contribution in [1.82, 2.24) is 4.90 Å². The van der Waals surface area contributed by atoms with Gasteiger partial charge < -0.3 is 15.4 Å². The van der Waals surface area contributed by atoms with E-state index in [9.17, 15) is 4.79 Å². The van der Waals surface area contributed by atoms with Crippen molar-refractivity contribution in [2.75, 3.05) is 19.7 Å². The van der Waals surface area contributed by atoms with Crippen molar-refractivity contribution in [2.45, 2.75) is 51.2 Å². The van der Waals surface area contributed by atoms with E-state index in [-0.39, 0.29) is 17.9 Å². The first kappa shape index (κ1) is 12.8. The van der Waals surface area contributed by atoms with Gasteiger partial charge in [0.1, 0.15) is 0 Å². The summed E-state index contributed by atoms with van der Waals surface area (Å²) in [6.07, 6.45) is 5.60. The van der Waals surface area contributed by atoms with Crippen molar-refractivity contribution >= 4 is 5.91 Å². The molecule has 0 aromatic rings. The summed E-state index contributed by atoms with van der Waals surface area (Å²) in [4.78, 5) is 14.5. The second-order valence-electron chi connectivity index (χ2n) is 5.16. The SMILES string of the molecule is CCCC(CN)C(=O)N1CCOC2CCCC21. The molecule has 3 atom stereocenters. The highest BCUT2D eigenvalue weighted by molar-refractivity contribution is 5.79. The molecule has 2 N–H and O–H groups in total. The zero-order chi connectivity index (χ0) is 12.3. The topological polar surface area (TPSA) is 55.6 Å². The molecular weight excluding hydrogens is 216 g/mol. The Labute approximate surface area is 103 Å². The number of carbonyl (C=O) groups excluding carboxylic acids is 1. The van der Waals surface area contributed by atoms with Crippen LogP contribution in [0.1, 0.15) is 39.0 Å². The summed E-state index contributed by atoms with van der Waals surface area (Å²) in [5.74, 6) is 0.272. The van der Waals surface area contributed by atoms with Crippen LogP contribution >= 0.6 is 0 Å². The number of rotatable bonds is 4. The maximum atomic E-state index is 12.5. The van der Waals surface area contributed by atoms with E-state index < -0.39 is 0 Å². The summed E-state index contributed by atoms with van der Waals surface area (Å²) in [6.45, 7) is 4.02. The Bertz CT molecular complexity index is 270. The molecule has 1 aliphatic carbocycles. The van der Waals surface area contributed by atoms with Crippen molar-refractivity contribution in [2.24, 2.45) is 11.7 Å². The lowest BCUT2D eigenvalue weighted by Crippen LogP contribution is -2.53. The van der Waals surface area contributed by atoms with Gasteiger partial charge in [0.05, 0.1) is 24.7 Å². The summed E-state index contributed by atoms with van der Waals surface area (Å²) in [6, 6.07) is 0.321. The predicted molar refractivity (Wildman–Crippen MR) is 66.5 cm³/mol. The molecule has 0 aromatic heterocycles. The van der Waals surface area contributed by atoms with Gasteiger partial charge in [-0.1, -0.05) is 13.3 Å². The van der Waals surface area contributed by atoms with E-state index in [4.69, 9.17) is 10.5 Å². The lowest BCUT2D eigenvalue weighted by molar-refractivity contribution is -0.148. The second-order valence-corrected chi connectivity index (χ2v) is 5.16. The Kier molecular flexibility index (Phi) is 4.40. The maximum absolute atomic E-state index is 12.5. The summed E-state index contributed by atoms with van der Waals surface area (Å²) in [5.41, 5.74) is 5.72. The predicted octanol–water partition coefficient (Wildman–Crippen LogP) is 1.14. The number of hydrogen-bond acceptors (Lipinski definition) is 3. The summed E-state index contributed by atoms with van der Waals surface area (Å²) >= 11 is 0. The van der Waals surface area contributed by atoms with Crippen molar-refractivity contribution < 1.29 is 9.53 Å². The number of amides is 1. The van der Waals surface area contributed by atoms with Crippen molar-refractivity contribution in [3.05, 3.63) is 0 Å². The number of nitrogens with zero attached hydrogens (tertiary/aromatic N) is 1. The third-order valence-corrected chi connectivity index (χ3v) is 4.04. The number of hydrogen-bond donors (Lipinski definition) is 1. The quantitative estimate of drug-likeness (QED) is 0.801. The molecule has 1 saturated heterocycles. The Hall–Kier alpha value is -0.610. The number of nitrogens with two attached hydrogens (primary N) is 1. The minimum absolute atomic E-state index is 0.0133. The van der Waals surface area contributed by atoms with Crippen molar-refractivity contribution in [1.29, 1.82) is 0 Å². The van der Waals surface area contributed by atoms with E-state index in [0.717, 1.165) is 32.2 Å². The number of fused-ring (bicyclic) bond motifs is 1. The normalized spacial score (nSPS) is 30.1. The molecule has 1 heterocycles. The molecule has 0 radical (unpaired) electrons. The summed E-state index contributed by atoms with van der Waals surface area (Å²) < 4.78 is 5.73. The second kappa shape index (κ2) is 5.83. The molecule has 4 nitrogen and oxygen atoms in total. The Morgan fingerprint density at radius 1 is 1.53 bits per heavy atom. The van der Waals surface area contributed by atoms with Crippen molar-refractivity contribution in [3.63, 3.8) is 0 Å². The third kappa shape index (κ3) is 2.63. The fourth-order valence-corrected chi connectivity index (χ4v) is 3.12. The first-order valence-electron chi connectivity index (χ1n) is 6.90. The van der Waals surface area contributed by atoms with Crippen LogP contribution < -0.4 is 5.73 Å². The van der Waals surface area contributed by atoms with Crippen LogP contribution in [0.25, 0.3) is 0 Å². The van der Waals surface area contributed by atoms with Crippen molar-refractivity contribution in [3.8, 4) is 0 Å². The maximum Gasteiger partial charge on any atom is 0.227 e. The van der Waals surface area contributed by atoms with Gasteiger partial charge in [-0.2, -0.15) is 0 Å². The third-order valence-electron chi connectivity index (χ3n) is 4.04. The lowest BCUT2D eigenvalue weighted by Gasteiger charge is -2.39. The summed E-state index contributed by atoms with van der Waals surface area (Å²) in [7, 11) is 0. The molecule has 17 heavy (non-hydrogen) atoms. The van der Waals surface area contributed by atoms with Gasteiger partial charge in [-0.3, -0.25) is 4.79 Å². The van der Waals surface area contributed by atoms with Crippen LogP contribution in [-0.2, 0) is 9.53 Å². The lowest BCUT2D eigenvalue weighted by atomic mass is 10.00. The molecule has 1 aliphatic heterocycles. The molecule has 2 fully saturated rings. The zero-order valence-corrected chi connectivity index (χ0v) is 10.7. The molecular formula is C13H24N2O2. The average Bonchev–Trinajstić information content (AvgIpc) is 2.83. The van der Waals surface area contributed by atoms with Gasteiger partial charge in [-0.05, 0) is 25.7 Å². The number of morpholine rings is 1. The van der Waals surface area contributed by atoms with Gasteiger partial charge in [0.2, 0.25) is 5.91 Å². The van der Waals surface area contributed by atoms with Crippen LogP contribution in [0.5, 0.6) is 0 Å². The highest BCUT2D eigenvalue weighted by atomic mass is 16.5. The Balaban J connectivity index is 2.01. The highest BCUT2D eigenvalue weighted by Crippen LogP contribution is 2.30. The van der Waals surface area contributed by atoms with Gasteiger partial charge in [-0.25, -0.2) is 0 Å². The van der Waals surface area contributed by atoms with Crippen LogP contribution in [0.15, 0.2) is 0 Å². The van der Waals surface area contributed by atoms with E-state index in [1.165, 1.54) is 6.42 Å². The Morgan fingerprint density at radius 2 is 2.35 bits per heavy atom. The molecule has 1 saturated carbocycles. The van der Waals surface area contributed by atoms with Gasteiger partial charge >= 0.3 is 0 Å². The number of ether oxygens (including phenoxy) is 1. The monoisotopic (exact) mass is 240 g/mol. The molecule has 4 heteroatoms. The summed E-state index contributed by atoms with van der Waals surface area (Å²) in [5, 5.41) is 0. The fourth-order valence-electron chi connectivity index (χ4n) is 3.12. The first-order chi connectivity index (χ1) is 8.27. The molecule has 98 valence electrons.